The molecule has 1 aromatic heterocycles. The quantitative estimate of drug-likeness (QED) is 0.482. The molecule has 0 aliphatic heterocycles. The zero-order chi connectivity index (χ0) is 18.8. The molecule has 0 amide bonds. The van der Waals surface area contributed by atoms with Gasteiger partial charge in [-0.3, -0.25) is 0 Å². The minimum absolute atomic E-state index is 0.0894. The van der Waals surface area contributed by atoms with E-state index < -0.39 is 11.6 Å². The normalized spacial score (nSPS) is 10.7. The number of nitrogens with zero attached hydrogens (tertiary/aromatic N) is 1. The highest BCUT2D eigenvalue weighted by molar-refractivity contribution is 5.78. The molecule has 4 heteroatoms. The number of halogens is 2. The van der Waals surface area contributed by atoms with E-state index in [1.54, 1.807) is 36.4 Å². The van der Waals surface area contributed by atoms with Crippen LogP contribution in [-0.4, -0.2) is 10.1 Å². The van der Waals surface area contributed by atoms with Crippen LogP contribution in [0.1, 0.15) is 0 Å². The smallest absolute Gasteiger partial charge is 0.126 e. The monoisotopic (exact) mass is 359 g/mol. The van der Waals surface area contributed by atoms with Crippen molar-refractivity contribution < 1.29 is 13.9 Å². The van der Waals surface area contributed by atoms with Crippen LogP contribution in [0.4, 0.5) is 8.78 Å². The number of aromatic nitrogens is 1. The maximum absolute atomic E-state index is 13.7. The SMILES string of the molecule is Oc1ccccc1-c1cc(-c2cc(F)cc(F)c2)cc(-c2ccccc2)n1. The molecular weight excluding hydrogens is 344 g/mol. The van der Waals surface area contributed by atoms with Gasteiger partial charge in [-0.05, 0) is 47.5 Å². The lowest BCUT2D eigenvalue weighted by molar-refractivity contribution is 0.477. The first-order chi connectivity index (χ1) is 13.1. The van der Waals surface area contributed by atoms with Crippen LogP contribution < -0.4 is 0 Å². The number of benzene rings is 3. The molecule has 0 saturated heterocycles. The molecule has 0 atom stereocenters. The average Bonchev–Trinajstić information content (AvgIpc) is 2.68. The fourth-order valence-electron chi connectivity index (χ4n) is 3.00. The molecule has 132 valence electrons. The highest BCUT2D eigenvalue weighted by Crippen LogP contribution is 2.34. The topological polar surface area (TPSA) is 33.1 Å². The van der Waals surface area contributed by atoms with Gasteiger partial charge in [-0.1, -0.05) is 42.5 Å². The van der Waals surface area contributed by atoms with Gasteiger partial charge in [0.2, 0.25) is 0 Å². The molecule has 4 rings (SSSR count). The Hall–Kier alpha value is -3.53. The van der Waals surface area contributed by atoms with Gasteiger partial charge >= 0.3 is 0 Å². The summed E-state index contributed by atoms with van der Waals surface area (Å²) in [6.07, 6.45) is 0. The van der Waals surface area contributed by atoms with Gasteiger partial charge in [-0.2, -0.15) is 0 Å². The zero-order valence-electron chi connectivity index (χ0n) is 14.2. The van der Waals surface area contributed by atoms with E-state index in [2.05, 4.69) is 4.98 Å². The Morgan fingerprint density at radius 1 is 0.593 bits per heavy atom. The minimum atomic E-state index is -0.646. The van der Waals surface area contributed by atoms with Crippen LogP contribution in [-0.2, 0) is 0 Å². The summed E-state index contributed by atoms with van der Waals surface area (Å²) in [6.45, 7) is 0. The summed E-state index contributed by atoms with van der Waals surface area (Å²) in [7, 11) is 0. The predicted molar refractivity (Wildman–Crippen MR) is 102 cm³/mol. The summed E-state index contributed by atoms with van der Waals surface area (Å²) in [5, 5.41) is 10.2. The van der Waals surface area contributed by atoms with Crippen molar-refractivity contribution in [2.24, 2.45) is 0 Å². The van der Waals surface area contributed by atoms with E-state index in [0.29, 0.717) is 28.1 Å². The lowest BCUT2D eigenvalue weighted by atomic mass is 9.99. The van der Waals surface area contributed by atoms with Crippen LogP contribution in [0, 0.1) is 11.6 Å². The van der Waals surface area contributed by atoms with E-state index in [4.69, 9.17) is 0 Å². The molecule has 0 bridgehead atoms. The molecule has 0 unspecified atom stereocenters. The fraction of sp³-hybridized carbons (Fsp3) is 0. The number of para-hydroxylation sites is 1. The van der Waals surface area contributed by atoms with Gasteiger partial charge in [0.15, 0.2) is 0 Å². The van der Waals surface area contributed by atoms with Gasteiger partial charge < -0.3 is 5.11 Å². The Morgan fingerprint density at radius 3 is 1.89 bits per heavy atom. The second-order valence-electron chi connectivity index (χ2n) is 6.17. The largest absolute Gasteiger partial charge is 0.507 e. The fourth-order valence-corrected chi connectivity index (χ4v) is 3.00. The number of rotatable bonds is 3. The van der Waals surface area contributed by atoms with Gasteiger partial charge in [0.25, 0.3) is 0 Å². The Kier molecular flexibility index (Phi) is 4.38. The van der Waals surface area contributed by atoms with Crippen molar-refractivity contribution in [3.8, 4) is 39.4 Å². The molecule has 1 N–H and O–H groups in total. The van der Waals surface area contributed by atoms with Gasteiger partial charge in [0.1, 0.15) is 17.4 Å². The molecular formula is C23H15F2NO. The molecule has 3 aromatic carbocycles. The number of phenolic OH excluding ortho intramolecular Hbond substituents is 1. The highest BCUT2D eigenvalue weighted by atomic mass is 19.1. The number of phenols is 1. The summed E-state index contributed by atoms with van der Waals surface area (Å²) in [5.74, 6) is -1.20. The van der Waals surface area contributed by atoms with E-state index in [-0.39, 0.29) is 5.75 Å². The summed E-state index contributed by atoms with van der Waals surface area (Å²) in [5.41, 5.74) is 3.61. The molecule has 0 aliphatic carbocycles. The predicted octanol–water partition coefficient (Wildman–Crippen LogP) is 6.07. The third-order valence-corrected chi connectivity index (χ3v) is 4.27. The van der Waals surface area contributed by atoms with E-state index >= 15 is 0 Å². The van der Waals surface area contributed by atoms with Crippen molar-refractivity contribution in [1.82, 2.24) is 4.98 Å². The molecule has 0 radical (unpaired) electrons. The van der Waals surface area contributed by atoms with E-state index in [1.165, 1.54) is 12.1 Å². The second kappa shape index (κ2) is 7.00. The van der Waals surface area contributed by atoms with Crippen molar-refractivity contribution >= 4 is 0 Å². The first-order valence-corrected chi connectivity index (χ1v) is 8.42. The van der Waals surface area contributed by atoms with E-state index in [0.717, 1.165) is 11.6 Å². The van der Waals surface area contributed by atoms with Gasteiger partial charge in [0.05, 0.1) is 11.4 Å². The zero-order valence-corrected chi connectivity index (χ0v) is 14.2. The number of aromatic hydroxyl groups is 1. The molecule has 0 spiro atoms. The van der Waals surface area contributed by atoms with Crippen LogP contribution >= 0.6 is 0 Å². The molecule has 0 aliphatic rings. The average molecular weight is 359 g/mol. The molecule has 2 nitrogen and oxygen atoms in total. The third kappa shape index (κ3) is 3.55. The van der Waals surface area contributed by atoms with Crippen molar-refractivity contribution in [2.75, 3.05) is 0 Å². The lowest BCUT2D eigenvalue weighted by Crippen LogP contribution is -1.92. The van der Waals surface area contributed by atoms with Crippen LogP contribution in [0.5, 0.6) is 5.75 Å². The summed E-state index contributed by atoms with van der Waals surface area (Å²) < 4.78 is 27.5. The first-order valence-electron chi connectivity index (χ1n) is 8.42. The summed E-state index contributed by atoms with van der Waals surface area (Å²) in [6, 6.07) is 23.3. The molecule has 4 aromatic rings. The van der Waals surface area contributed by atoms with Gasteiger partial charge in [0, 0.05) is 17.2 Å². The Morgan fingerprint density at radius 2 is 1.19 bits per heavy atom. The van der Waals surface area contributed by atoms with Crippen LogP contribution in [0.25, 0.3) is 33.6 Å². The molecule has 0 saturated carbocycles. The Balaban J connectivity index is 1.96. The molecule has 27 heavy (non-hydrogen) atoms. The maximum Gasteiger partial charge on any atom is 0.126 e. The minimum Gasteiger partial charge on any atom is -0.507 e. The third-order valence-electron chi connectivity index (χ3n) is 4.27. The van der Waals surface area contributed by atoms with Crippen molar-refractivity contribution in [2.45, 2.75) is 0 Å². The number of hydrogen-bond donors (Lipinski definition) is 1. The number of hydrogen-bond acceptors (Lipinski definition) is 2. The Labute approximate surface area is 155 Å². The van der Waals surface area contributed by atoms with Gasteiger partial charge in [-0.15, -0.1) is 0 Å². The van der Waals surface area contributed by atoms with Crippen LogP contribution in [0.3, 0.4) is 0 Å². The van der Waals surface area contributed by atoms with Crippen molar-refractivity contribution in [3.63, 3.8) is 0 Å². The van der Waals surface area contributed by atoms with Crippen LogP contribution in [0.15, 0.2) is 84.9 Å². The van der Waals surface area contributed by atoms with Crippen molar-refractivity contribution in [3.05, 3.63) is 96.6 Å². The summed E-state index contributed by atoms with van der Waals surface area (Å²) >= 11 is 0. The lowest BCUT2D eigenvalue weighted by Gasteiger charge is -2.11. The molecule has 1 heterocycles. The van der Waals surface area contributed by atoms with E-state index in [1.807, 2.05) is 30.3 Å². The highest BCUT2D eigenvalue weighted by Gasteiger charge is 2.12. The Bertz CT molecular complexity index is 1090. The summed E-state index contributed by atoms with van der Waals surface area (Å²) in [4.78, 5) is 4.66. The standard InChI is InChI=1S/C23H15F2NO/c24-18-10-16(11-19(25)14-18)17-12-21(15-6-2-1-3-7-15)26-22(13-17)20-8-4-5-9-23(20)27/h1-14,27H. The van der Waals surface area contributed by atoms with E-state index in [9.17, 15) is 13.9 Å². The molecule has 0 fully saturated rings. The number of pyridine rings is 1. The maximum atomic E-state index is 13.7. The van der Waals surface area contributed by atoms with Crippen LogP contribution in [0.2, 0.25) is 0 Å². The van der Waals surface area contributed by atoms with Crippen molar-refractivity contribution in [1.29, 1.82) is 0 Å². The van der Waals surface area contributed by atoms with Gasteiger partial charge in [-0.25, -0.2) is 13.8 Å². The first kappa shape index (κ1) is 16.9. The second-order valence-corrected chi connectivity index (χ2v) is 6.17.